The van der Waals surface area contributed by atoms with Crippen LogP contribution < -0.4 is 10.1 Å². The smallest absolute Gasteiger partial charge is 0.335 e. The molecule has 5 N–H and O–H groups in total. The molecule has 1 aromatic rings. The number of aliphatic hydroxyl groups is 3. The van der Waals surface area contributed by atoms with Crippen LogP contribution in [-0.2, 0) is 21.4 Å². The number of piperidine rings is 1. The minimum Gasteiger partial charge on any atom is -0.479 e. The number of aliphatic carboxylic acids is 1. The van der Waals surface area contributed by atoms with E-state index >= 15 is 0 Å². The Morgan fingerprint density at radius 2 is 2.03 bits per heavy atom. The summed E-state index contributed by atoms with van der Waals surface area (Å²) in [5.74, 6) is -1.49. The Balaban J connectivity index is 1.58. The highest BCUT2D eigenvalue weighted by Crippen LogP contribution is 2.54. The fraction of sp³-hybridized carbons (Fsp3) is 0.682. The number of ether oxygens (including phenoxy) is 2. The van der Waals surface area contributed by atoms with Gasteiger partial charge in [-0.05, 0) is 61.4 Å². The molecule has 30 heavy (non-hydrogen) atoms. The Hall–Kier alpha value is -1.71. The van der Waals surface area contributed by atoms with Crippen LogP contribution in [0.1, 0.15) is 47.3 Å². The summed E-state index contributed by atoms with van der Waals surface area (Å²) in [6, 6.07) is -0.223. The van der Waals surface area contributed by atoms with E-state index in [0.717, 1.165) is 44.2 Å². The first kappa shape index (κ1) is 16.9. The summed E-state index contributed by atoms with van der Waals surface area (Å²) in [5.41, 5.74) is 1.12. The van der Waals surface area contributed by atoms with Gasteiger partial charge in [0.2, 0.25) is 6.29 Å². The zero-order valence-electron chi connectivity index (χ0n) is 19.5. The summed E-state index contributed by atoms with van der Waals surface area (Å²) < 4.78 is 37.1. The molecular formula is C22H29NO7. The monoisotopic (exact) mass is 422 g/mol. The van der Waals surface area contributed by atoms with Crippen LogP contribution in [0.15, 0.2) is 18.1 Å². The molecule has 2 bridgehead atoms. The van der Waals surface area contributed by atoms with E-state index in [9.17, 15) is 25.2 Å². The Bertz CT molecular complexity index is 974. The molecule has 2 saturated heterocycles. The minimum atomic E-state index is -1.87. The maximum atomic E-state index is 11.4. The summed E-state index contributed by atoms with van der Waals surface area (Å²) in [5, 5.41) is 43.2. The normalized spacial score (nSPS) is 44.1. The summed E-state index contributed by atoms with van der Waals surface area (Å²) in [6.07, 6.45) is -3.68. The SMILES string of the molecule is [2H]c1c([2H])c(O[C@@H]2OC(C(=O)O)[C@@H](O)C(O)C2O)c([2H])c2c1CC1NCCC23CCCCC13. The molecule has 0 aromatic heterocycles. The highest BCUT2D eigenvalue weighted by atomic mass is 16.7. The first-order valence-electron chi connectivity index (χ1n) is 12.1. The van der Waals surface area contributed by atoms with Crippen molar-refractivity contribution in [1.82, 2.24) is 5.32 Å². The van der Waals surface area contributed by atoms with Crippen molar-refractivity contribution in [1.29, 1.82) is 0 Å². The van der Waals surface area contributed by atoms with Crippen LogP contribution in [0.25, 0.3) is 0 Å². The summed E-state index contributed by atoms with van der Waals surface area (Å²) in [4.78, 5) is 11.4. The van der Waals surface area contributed by atoms with Crippen LogP contribution >= 0.6 is 0 Å². The molecule has 1 aromatic carbocycles. The molecule has 8 atom stereocenters. The molecule has 0 amide bonds. The molecule has 6 unspecified atom stereocenters. The topological polar surface area (TPSA) is 128 Å². The predicted octanol–water partition coefficient (Wildman–Crippen LogP) is 0.304. The third kappa shape index (κ3) is 3.05. The van der Waals surface area contributed by atoms with Crippen molar-refractivity contribution in [2.45, 2.75) is 80.7 Å². The van der Waals surface area contributed by atoms with Crippen molar-refractivity contribution >= 4 is 5.97 Å². The van der Waals surface area contributed by atoms with Crippen LogP contribution in [-0.4, -0.2) is 69.7 Å². The van der Waals surface area contributed by atoms with Crippen LogP contribution in [0.2, 0.25) is 0 Å². The lowest BCUT2D eigenvalue weighted by Gasteiger charge is -2.56. The van der Waals surface area contributed by atoms with Gasteiger partial charge in [0.1, 0.15) is 24.1 Å². The summed E-state index contributed by atoms with van der Waals surface area (Å²) >= 11 is 0. The number of nitrogens with one attached hydrogen (secondary N) is 1. The molecule has 8 heteroatoms. The molecule has 2 aliphatic heterocycles. The number of carbonyl (C=O) groups is 1. The van der Waals surface area contributed by atoms with Gasteiger partial charge in [-0.1, -0.05) is 18.9 Å². The molecule has 2 heterocycles. The second kappa shape index (κ2) is 7.46. The van der Waals surface area contributed by atoms with Gasteiger partial charge in [0, 0.05) is 11.5 Å². The van der Waals surface area contributed by atoms with Crippen LogP contribution in [0.4, 0.5) is 0 Å². The van der Waals surface area contributed by atoms with Crippen LogP contribution in [0.3, 0.4) is 0 Å². The lowest BCUT2D eigenvalue weighted by Crippen LogP contribution is -2.61. The number of fused-ring (bicyclic) bond motifs is 1. The van der Waals surface area contributed by atoms with Gasteiger partial charge in [0.15, 0.2) is 6.10 Å². The highest BCUT2D eigenvalue weighted by molar-refractivity contribution is 5.73. The van der Waals surface area contributed by atoms with Gasteiger partial charge in [-0.25, -0.2) is 4.79 Å². The quantitative estimate of drug-likeness (QED) is 0.471. The molecule has 0 spiro atoms. The van der Waals surface area contributed by atoms with Gasteiger partial charge in [0.25, 0.3) is 0 Å². The first-order chi connectivity index (χ1) is 15.7. The largest absolute Gasteiger partial charge is 0.479 e. The van der Waals surface area contributed by atoms with E-state index in [1.165, 1.54) is 0 Å². The Kier molecular flexibility index (Phi) is 4.21. The second-order valence-corrected chi connectivity index (χ2v) is 8.93. The standard InChI is InChI=1S/C22H29NO7/c24-16-17(25)19(20(27)28)30-21(18(16)26)29-12-5-4-11-9-15-13-3-1-2-6-22(13,7-8-23-15)14(11)10-12/h4-5,10,13,15-19,21,23-26H,1-3,6-9H2,(H,27,28)/t13?,15?,16?,17-,18?,19?,21+,22?/m0/s1/i4D,5D,10D. The fourth-order valence-corrected chi connectivity index (χ4v) is 5.97. The van der Waals surface area contributed by atoms with E-state index in [1.807, 2.05) is 0 Å². The Morgan fingerprint density at radius 1 is 1.20 bits per heavy atom. The van der Waals surface area contributed by atoms with Gasteiger partial charge in [-0.2, -0.15) is 0 Å². The Labute approximate surface area is 179 Å². The van der Waals surface area contributed by atoms with E-state index < -0.39 is 36.7 Å². The molecule has 164 valence electrons. The van der Waals surface area contributed by atoms with E-state index in [4.69, 9.17) is 13.6 Å². The number of carboxylic acid groups (broad SMARTS) is 1. The predicted molar refractivity (Wildman–Crippen MR) is 105 cm³/mol. The van der Waals surface area contributed by atoms with Crippen molar-refractivity contribution in [3.05, 3.63) is 29.3 Å². The molecule has 4 aliphatic rings. The fourth-order valence-electron chi connectivity index (χ4n) is 5.97. The van der Waals surface area contributed by atoms with Gasteiger partial charge >= 0.3 is 5.97 Å². The van der Waals surface area contributed by atoms with Gasteiger partial charge in [-0.3, -0.25) is 0 Å². The number of carboxylic acids is 1. The molecule has 5 rings (SSSR count). The third-order valence-electron chi connectivity index (χ3n) is 7.40. The van der Waals surface area contributed by atoms with Crippen molar-refractivity contribution < 1.29 is 38.8 Å². The van der Waals surface area contributed by atoms with Crippen molar-refractivity contribution in [3.8, 4) is 5.75 Å². The van der Waals surface area contributed by atoms with E-state index in [-0.39, 0.29) is 35.3 Å². The van der Waals surface area contributed by atoms with Crippen LogP contribution in [0.5, 0.6) is 5.75 Å². The highest BCUT2D eigenvalue weighted by Gasteiger charge is 2.52. The van der Waals surface area contributed by atoms with Gasteiger partial charge < -0.3 is 35.2 Å². The Morgan fingerprint density at radius 3 is 2.83 bits per heavy atom. The van der Waals surface area contributed by atoms with Gasteiger partial charge in [-0.15, -0.1) is 0 Å². The molecular weight excluding hydrogens is 390 g/mol. The van der Waals surface area contributed by atoms with E-state index in [1.54, 1.807) is 0 Å². The number of benzene rings is 1. The van der Waals surface area contributed by atoms with Crippen LogP contribution in [0, 0.1) is 5.92 Å². The third-order valence-corrected chi connectivity index (χ3v) is 7.40. The number of aliphatic hydroxyl groups excluding tert-OH is 3. The molecule has 0 radical (unpaired) electrons. The lowest BCUT2D eigenvalue weighted by molar-refractivity contribution is -0.271. The van der Waals surface area contributed by atoms with Gasteiger partial charge in [0.05, 0.1) is 4.11 Å². The zero-order chi connectivity index (χ0) is 23.7. The number of hydrogen-bond donors (Lipinski definition) is 5. The maximum absolute atomic E-state index is 11.4. The average molecular weight is 422 g/mol. The molecule has 3 fully saturated rings. The summed E-state index contributed by atoms with van der Waals surface area (Å²) in [6.45, 7) is 0.807. The van der Waals surface area contributed by atoms with E-state index in [0.29, 0.717) is 17.9 Å². The number of rotatable bonds is 3. The maximum Gasteiger partial charge on any atom is 0.335 e. The zero-order valence-corrected chi connectivity index (χ0v) is 16.5. The molecule has 2 aliphatic carbocycles. The minimum absolute atomic E-state index is 0.0402. The average Bonchev–Trinajstić information content (AvgIpc) is 2.79. The lowest BCUT2D eigenvalue weighted by atomic mass is 9.53. The molecule has 8 nitrogen and oxygen atoms in total. The van der Waals surface area contributed by atoms with E-state index in [2.05, 4.69) is 5.32 Å². The van der Waals surface area contributed by atoms with Crippen molar-refractivity contribution in [2.24, 2.45) is 5.92 Å². The number of hydrogen-bond acceptors (Lipinski definition) is 7. The first-order valence-corrected chi connectivity index (χ1v) is 10.6. The molecule has 1 saturated carbocycles. The second-order valence-electron chi connectivity index (χ2n) is 8.93. The van der Waals surface area contributed by atoms with Crippen molar-refractivity contribution in [3.63, 3.8) is 0 Å². The van der Waals surface area contributed by atoms with Crippen molar-refractivity contribution in [2.75, 3.05) is 6.54 Å². The summed E-state index contributed by atoms with van der Waals surface area (Å²) in [7, 11) is 0.